The van der Waals surface area contributed by atoms with Crippen molar-refractivity contribution in [3.63, 3.8) is 0 Å². The number of nitrogens with zero attached hydrogens (tertiary/aromatic N) is 5. The second-order valence-corrected chi connectivity index (χ2v) is 8.61. The molecule has 0 spiro atoms. The summed E-state index contributed by atoms with van der Waals surface area (Å²) in [4.78, 5) is 29.5. The van der Waals surface area contributed by atoms with Gasteiger partial charge in [-0.1, -0.05) is 12.1 Å². The molecule has 11 heteroatoms. The highest BCUT2D eigenvalue weighted by molar-refractivity contribution is 7.90. The quantitative estimate of drug-likeness (QED) is 0.487. The SMILES string of the molecule is CS(=O)(=O)c1ccc(-c2ncoc2C(=O)Nc2ccnc(-c3ccc(C#N)cn3)n2)cc1. The number of carbonyl (C=O) groups excluding carboxylic acids is 1. The summed E-state index contributed by atoms with van der Waals surface area (Å²) in [6.07, 6.45) is 5.10. The van der Waals surface area contributed by atoms with Crippen molar-refractivity contribution in [2.45, 2.75) is 4.90 Å². The van der Waals surface area contributed by atoms with Crippen molar-refractivity contribution in [2.24, 2.45) is 0 Å². The van der Waals surface area contributed by atoms with Crippen molar-refractivity contribution in [3.05, 3.63) is 72.6 Å². The van der Waals surface area contributed by atoms with Crippen molar-refractivity contribution in [1.82, 2.24) is 19.9 Å². The van der Waals surface area contributed by atoms with E-state index in [1.54, 1.807) is 24.3 Å². The number of sulfone groups is 1. The molecule has 0 saturated heterocycles. The number of anilines is 1. The fourth-order valence-electron chi connectivity index (χ4n) is 2.79. The maximum atomic E-state index is 12.8. The van der Waals surface area contributed by atoms with Crippen LogP contribution in [0.15, 0.2) is 70.6 Å². The van der Waals surface area contributed by atoms with Crippen molar-refractivity contribution in [1.29, 1.82) is 5.26 Å². The Kier molecular flexibility index (Phi) is 5.44. The van der Waals surface area contributed by atoms with Gasteiger partial charge in [-0.2, -0.15) is 5.26 Å². The van der Waals surface area contributed by atoms with Gasteiger partial charge in [0, 0.05) is 24.2 Å². The molecule has 0 aliphatic carbocycles. The maximum Gasteiger partial charge on any atom is 0.294 e. The number of carbonyl (C=O) groups is 1. The van der Waals surface area contributed by atoms with Gasteiger partial charge in [0.15, 0.2) is 22.1 Å². The normalized spacial score (nSPS) is 11.0. The minimum atomic E-state index is -3.34. The lowest BCUT2D eigenvalue weighted by Crippen LogP contribution is -2.13. The fraction of sp³-hybridized carbons (Fsp3) is 0.0476. The van der Waals surface area contributed by atoms with Crippen LogP contribution in [0.1, 0.15) is 16.1 Å². The van der Waals surface area contributed by atoms with Crippen LogP contribution in [0.2, 0.25) is 0 Å². The van der Waals surface area contributed by atoms with E-state index in [1.165, 1.54) is 30.6 Å². The molecule has 1 aromatic carbocycles. The highest BCUT2D eigenvalue weighted by Crippen LogP contribution is 2.24. The third-order valence-electron chi connectivity index (χ3n) is 4.35. The summed E-state index contributed by atoms with van der Waals surface area (Å²) in [5, 5.41) is 11.5. The minimum absolute atomic E-state index is 0.0613. The van der Waals surface area contributed by atoms with E-state index >= 15 is 0 Å². The summed E-state index contributed by atoms with van der Waals surface area (Å²) in [6.45, 7) is 0. The summed E-state index contributed by atoms with van der Waals surface area (Å²) >= 11 is 0. The van der Waals surface area contributed by atoms with E-state index in [0.717, 1.165) is 12.6 Å². The second kappa shape index (κ2) is 8.37. The first-order valence-corrected chi connectivity index (χ1v) is 11.0. The molecule has 4 aromatic rings. The number of nitrogens with one attached hydrogen (secondary N) is 1. The van der Waals surface area contributed by atoms with Crippen LogP contribution in [0.3, 0.4) is 0 Å². The maximum absolute atomic E-state index is 12.8. The van der Waals surface area contributed by atoms with E-state index < -0.39 is 15.7 Å². The Balaban J connectivity index is 1.57. The molecule has 0 atom stereocenters. The van der Waals surface area contributed by atoms with E-state index in [-0.39, 0.29) is 28.0 Å². The van der Waals surface area contributed by atoms with Crippen LogP contribution in [0.4, 0.5) is 5.82 Å². The smallest absolute Gasteiger partial charge is 0.294 e. The zero-order chi connectivity index (χ0) is 22.7. The largest absolute Gasteiger partial charge is 0.438 e. The van der Waals surface area contributed by atoms with E-state index in [1.807, 2.05) is 6.07 Å². The van der Waals surface area contributed by atoms with Gasteiger partial charge in [-0.25, -0.2) is 23.4 Å². The standard InChI is InChI=1S/C21H14N6O4S/c1-32(29,30)15-5-3-14(4-6-15)18-19(31-12-25-18)21(28)27-17-8-9-23-20(26-17)16-7-2-13(10-22)11-24-16/h2-9,11-12H,1H3,(H,23,26,27,28). The van der Waals surface area contributed by atoms with Crippen molar-refractivity contribution in [3.8, 4) is 28.8 Å². The Morgan fingerprint density at radius 3 is 2.50 bits per heavy atom. The summed E-state index contributed by atoms with van der Waals surface area (Å²) in [5.41, 5.74) is 1.61. The fourth-order valence-corrected chi connectivity index (χ4v) is 3.42. The molecule has 4 rings (SSSR count). The Hall–Kier alpha value is -4.43. The van der Waals surface area contributed by atoms with Crippen molar-refractivity contribution < 1.29 is 17.6 Å². The molecule has 0 bridgehead atoms. The highest BCUT2D eigenvalue weighted by Gasteiger charge is 2.20. The van der Waals surface area contributed by atoms with Crippen LogP contribution >= 0.6 is 0 Å². The topological polar surface area (TPSA) is 152 Å². The number of amides is 1. The first kappa shape index (κ1) is 20.8. The van der Waals surface area contributed by atoms with Crippen LogP contribution in [0.25, 0.3) is 22.8 Å². The van der Waals surface area contributed by atoms with Gasteiger partial charge in [-0.3, -0.25) is 9.78 Å². The number of nitriles is 1. The van der Waals surface area contributed by atoms with Gasteiger partial charge in [0.2, 0.25) is 5.76 Å². The summed E-state index contributed by atoms with van der Waals surface area (Å²) in [6, 6.07) is 12.6. The number of aromatic nitrogens is 4. The lowest BCUT2D eigenvalue weighted by Gasteiger charge is -2.06. The van der Waals surface area contributed by atoms with Crippen LogP contribution in [0, 0.1) is 11.3 Å². The number of benzene rings is 1. The number of hydrogen-bond acceptors (Lipinski definition) is 9. The van der Waals surface area contributed by atoms with Gasteiger partial charge in [-0.15, -0.1) is 0 Å². The van der Waals surface area contributed by atoms with E-state index in [0.29, 0.717) is 16.8 Å². The highest BCUT2D eigenvalue weighted by atomic mass is 32.2. The number of hydrogen-bond donors (Lipinski definition) is 1. The second-order valence-electron chi connectivity index (χ2n) is 6.59. The predicted molar refractivity (Wildman–Crippen MR) is 113 cm³/mol. The van der Waals surface area contributed by atoms with Gasteiger partial charge in [0.1, 0.15) is 23.3 Å². The molecule has 0 radical (unpaired) electrons. The van der Waals surface area contributed by atoms with Gasteiger partial charge < -0.3 is 9.73 Å². The molecule has 0 fully saturated rings. The van der Waals surface area contributed by atoms with Crippen molar-refractivity contribution >= 4 is 21.6 Å². The lowest BCUT2D eigenvalue weighted by atomic mass is 10.1. The molecule has 0 saturated carbocycles. The van der Waals surface area contributed by atoms with Crippen molar-refractivity contribution in [2.75, 3.05) is 11.6 Å². The Morgan fingerprint density at radius 1 is 1.06 bits per heavy atom. The first-order chi connectivity index (χ1) is 15.3. The molecule has 1 amide bonds. The van der Waals surface area contributed by atoms with Gasteiger partial charge in [0.25, 0.3) is 5.91 Å². The minimum Gasteiger partial charge on any atom is -0.438 e. The zero-order valence-electron chi connectivity index (χ0n) is 16.6. The van der Waals surface area contributed by atoms with E-state index in [9.17, 15) is 13.2 Å². The molecule has 0 unspecified atom stereocenters. The molecule has 3 heterocycles. The molecule has 3 aromatic heterocycles. The molecule has 32 heavy (non-hydrogen) atoms. The number of oxazole rings is 1. The predicted octanol–water partition coefficient (Wildman–Crippen LogP) is 2.72. The van der Waals surface area contributed by atoms with Gasteiger partial charge >= 0.3 is 0 Å². The van der Waals surface area contributed by atoms with E-state index in [4.69, 9.17) is 9.68 Å². The molecule has 10 nitrogen and oxygen atoms in total. The van der Waals surface area contributed by atoms with Crippen LogP contribution in [0.5, 0.6) is 0 Å². The average Bonchev–Trinajstić information content (AvgIpc) is 3.29. The molecule has 1 N–H and O–H groups in total. The Bertz CT molecular complexity index is 1440. The van der Waals surface area contributed by atoms with Crippen LogP contribution < -0.4 is 5.32 Å². The van der Waals surface area contributed by atoms with Crippen LogP contribution in [-0.2, 0) is 9.84 Å². The van der Waals surface area contributed by atoms with Crippen LogP contribution in [-0.4, -0.2) is 40.5 Å². The molecule has 0 aliphatic rings. The summed E-state index contributed by atoms with van der Waals surface area (Å²) < 4.78 is 28.5. The number of rotatable bonds is 5. The molecular weight excluding hydrogens is 432 g/mol. The number of pyridine rings is 1. The van der Waals surface area contributed by atoms with Gasteiger partial charge in [-0.05, 0) is 30.3 Å². The molecule has 158 valence electrons. The lowest BCUT2D eigenvalue weighted by molar-refractivity contribution is 0.0997. The Morgan fingerprint density at radius 2 is 1.84 bits per heavy atom. The average molecular weight is 446 g/mol. The third-order valence-corrected chi connectivity index (χ3v) is 5.48. The third kappa shape index (κ3) is 4.35. The molecule has 0 aliphatic heterocycles. The Labute approximate surface area is 182 Å². The summed E-state index contributed by atoms with van der Waals surface area (Å²) in [5.74, 6) is -0.182. The van der Waals surface area contributed by atoms with Gasteiger partial charge in [0.05, 0.1) is 10.5 Å². The first-order valence-electron chi connectivity index (χ1n) is 9.10. The summed E-state index contributed by atoms with van der Waals surface area (Å²) in [7, 11) is -3.34. The monoisotopic (exact) mass is 446 g/mol. The zero-order valence-corrected chi connectivity index (χ0v) is 17.4. The van der Waals surface area contributed by atoms with E-state index in [2.05, 4.69) is 25.3 Å². The molecular formula is C21H14N6O4S.